The highest BCUT2D eigenvalue weighted by molar-refractivity contribution is 5.86. The number of benzene rings is 1. The fourth-order valence-electron chi connectivity index (χ4n) is 3.40. The SMILES string of the molecule is Cc1ccccc1CN(C(=O)[C@H]1CCCCN1C(=O)OC(C)(C)C)C(C)C. The molecule has 0 aliphatic carbocycles. The first-order valence-corrected chi connectivity index (χ1v) is 9.95. The van der Waals surface area contributed by atoms with E-state index in [2.05, 4.69) is 19.1 Å². The van der Waals surface area contributed by atoms with Crippen molar-refractivity contribution in [2.45, 2.75) is 85.0 Å². The highest BCUT2D eigenvalue weighted by atomic mass is 16.6. The van der Waals surface area contributed by atoms with Crippen LogP contribution in [0, 0.1) is 6.92 Å². The van der Waals surface area contributed by atoms with Crippen LogP contribution in [0.1, 0.15) is 65.0 Å². The monoisotopic (exact) mass is 374 g/mol. The number of piperidine rings is 1. The Morgan fingerprint density at radius 1 is 1.22 bits per heavy atom. The summed E-state index contributed by atoms with van der Waals surface area (Å²) in [6.45, 7) is 12.8. The summed E-state index contributed by atoms with van der Waals surface area (Å²) in [7, 11) is 0. The van der Waals surface area contributed by atoms with Crippen LogP contribution in [-0.4, -0.2) is 46.0 Å². The smallest absolute Gasteiger partial charge is 0.410 e. The Hall–Kier alpha value is -2.04. The second-order valence-electron chi connectivity index (χ2n) is 8.67. The van der Waals surface area contributed by atoms with E-state index in [0.29, 0.717) is 19.5 Å². The maximum atomic E-state index is 13.4. The highest BCUT2D eigenvalue weighted by Gasteiger charge is 2.37. The molecule has 1 atom stereocenters. The predicted molar refractivity (Wildman–Crippen MR) is 107 cm³/mol. The van der Waals surface area contributed by atoms with E-state index in [1.165, 1.54) is 5.56 Å². The molecule has 2 rings (SSSR count). The number of amides is 2. The Kier molecular flexibility index (Phi) is 6.90. The zero-order valence-electron chi connectivity index (χ0n) is 17.6. The average molecular weight is 375 g/mol. The molecule has 1 aliphatic heterocycles. The molecule has 27 heavy (non-hydrogen) atoms. The van der Waals surface area contributed by atoms with Gasteiger partial charge in [-0.25, -0.2) is 4.79 Å². The Morgan fingerprint density at radius 2 is 1.89 bits per heavy atom. The topological polar surface area (TPSA) is 49.9 Å². The molecule has 1 fully saturated rings. The van der Waals surface area contributed by atoms with Crippen molar-refractivity contribution in [3.63, 3.8) is 0 Å². The molecular weight excluding hydrogens is 340 g/mol. The summed E-state index contributed by atoms with van der Waals surface area (Å²) < 4.78 is 5.55. The van der Waals surface area contributed by atoms with Crippen molar-refractivity contribution in [1.29, 1.82) is 0 Å². The van der Waals surface area contributed by atoms with E-state index < -0.39 is 11.6 Å². The van der Waals surface area contributed by atoms with E-state index in [-0.39, 0.29) is 18.0 Å². The minimum Gasteiger partial charge on any atom is -0.444 e. The minimum atomic E-state index is -0.568. The van der Waals surface area contributed by atoms with Gasteiger partial charge >= 0.3 is 6.09 Å². The summed E-state index contributed by atoms with van der Waals surface area (Å²) in [5.41, 5.74) is 1.74. The van der Waals surface area contributed by atoms with Crippen molar-refractivity contribution in [3.8, 4) is 0 Å². The Morgan fingerprint density at radius 3 is 2.48 bits per heavy atom. The number of hydrogen-bond acceptors (Lipinski definition) is 3. The zero-order chi connectivity index (χ0) is 20.2. The van der Waals surface area contributed by atoms with Crippen LogP contribution < -0.4 is 0 Å². The number of carbonyl (C=O) groups is 2. The zero-order valence-corrected chi connectivity index (χ0v) is 17.6. The highest BCUT2D eigenvalue weighted by Crippen LogP contribution is 2.24. The van der Waals surface area contributed by atoms with Crippen molar-refractivity contribution in [2.75, 3.05) is 6.54 Å². The molecule has 0 saturated carbocycles. The summed E-state index contributed by atoms with van der Waals surface area (Å²) in [5.74, 6) is 0.0128. The van der Waals surface area contributed by atoms with Crippen LogP contribution >= 0.6 is 0 Å². The van der Waals surface area contributed by atoms with Crippen LogP contribution in [0.2, 0.25) is 0 Å². The first-order valence-electron chi connectivity index (χ1n) is 9.95. The molecule has 0 radical (unpaired) electrons. The normalized spacial score (nSPS) is 17.7. The van der Waals surface area contributed by atoms with E-state index in [4.69, 9.17) is 4.74 Å². The van der Waals surface area contributed by atoms with Crippen molar-refractivity contribution in [1.82, 2.24) is 9.80 Å². The molecule has 0 spiro atoms. The summed E-state index contributed by atoms with van der Waals surface area (Å²) in [6, 6.07) is 7.74. The third-order valence-corrected chi connectivity index (χ3v) is 4.92. The lowest BCUT2D eigenvalue weighted by Gasteiger charge is -2.39. The first-order chi connectivity index (χ1) is 12.6. The van der Waals surface area contributed by atoms with Gasteiger partial charge in [0.2, 0.25) is 5.91 Å². The van der Waals surface area contributed by atoms with Crippen LogP contribution in [0.4, 0.5) is 4.79 Å². The summed E-state index contributed by atoms with van der Waals surface area (Å²) in [6.07, 6.45) is 2.16. The van der Waals surface area contributed by atoms with Crippen molar-refractivity contribution < 1.29 is 14.3 Å². The van der Waals surface area contributed by atoms with Crippen molar-refractivity contribution >= 4 is 12.0 Å². The molecule has 2 amide bonds. The van der Waals surface area contributed by atoms with E-state index in [9.17, 15) is 9.59 Å². The van der Waals surface area contributed by atoms with Gasteiger partial charge in [-0.2, -0.15) is 0 Å². The van der Waals surface area contributed by atoms with Gasteiger partial charge in [0.25, 0.3) is 0 Å². The van der Waals surface area contributed by atoms with Crippen LogP contribution in [0.3, 0.4) is 0 Å². The second-order valence-corrected chi connectivity index (χ2v) is 8.67. The Balaban J connectivity index is 2.21. The van der Waals surface area contributed by atoms with Crippen molar-refractivity contribution in [3.05, 3.63) is 35.4 Å². The van der Waals surface area contributed by atoms with Crippen LogP contribution in [-0.2, 0) is 16.1 Å². The summed E-state index contributed by atoms with van der Waals surface area (Å²) in [5, 5.41) is 0. The standard InChI is InChI=1S/C22H34N2O3/c1-16(2)24(15-18-12-8-7-11-17(18)3)20(25)19-13-9-10-14-23(19)21(26)27-22(4,5)6/h7-8,11-12,16,19H,9-10,13-15H2,1-6H3/t19-/m1/s1. The molecule has 150 valence electrons. The van der Waals surface area contributed by atoms with E-state index in [1.807, 2.05) is 51.7 Å². The lowest BCUT2D eigenvalue weighted by atomic mass is 10.00. The van der Waals surface area contributed by atoms with E-state index in [1.54, 1.807) is 4.90 Å². The van der Waals surface area contributed by atoms with Crippen LogP contribution in [0.25, 0.3) is 0 Å². The average Bonchev–Trinajstić information content (AvgIpc) is 2.58. The third kappa shape index (κ3) is 5.72. The van der Waals surface area contributed by atoms with Gasteiger partial charge in [0, 0.05) is 19.1 Å². The van der Waals surface area contributed by atoms with Gasteiger partial charge in [-0.15, -0.1) is 0 Å². The lowest BCUT2D eigenvalue weighted by molar-refractivity contribution is -0.140. The molecule has 1 aromatic carbocycles. The number of carbonyl (C=O) groups excluding carboxylic acids is 2. The molecule has 1 aliphatic rings. The maximum Gasteiger partial charge on any atom is 0.410 e. The number of aryl methyl sites for hydroxylation is 1. The second kappa shape index (κ2) is 8.77. The molecule has 5 nitrogen and oxygen atoms in total. The van der Waals surface area contributed by atoms with Crippen molar-refractivity contribution in [2.24, 2.45) is 0 Å². The number of likely N-dealkylation sites (tertiary alicyclic amines) is 1. The largest absolute Gasteiger partial charge is 0.444 e. The Labute approximate surface area is 163 Å². The number of nitrogens with zero attached hydrogens (tertiary/aromatic N) is 2. The van der Waals surface area contributed by atoms with Gasteiger partial charge < -0.3 is 9.64 Å². The van der Waals surface area contributed by atoms with Gasteiger partial charge in [-0.3, -0.25) is 9.69 Å². The summed E-state index contributed by atoms with van der Waals surface area (Å²) >= 11 is 0. The van der Waals surface area contributed by atoms with E-state index >= 15 is 0 Å². The fourth-order valence-corrected chi connectivity index (χ4v) is 3.40. The third-order valence-electron chi connectivity index (χ3n) is 4.92. The van der Waals surface area contributed by atoms with Gasteiger partial charge in [0.1, 0.15) is 11.6 Å². The Bertz CT molecular complexity index is 664. The summed E-state index contributed by atoms with van der Waals surface area (Å²) in [4.78, 5) is 29.6. The van der Waals surface area contributed by atoms with Crippen LogP contribution in [0.5, 0.6) is 0 Å². The van der Waals surface area contributed by atoms with Gasteiger partial charge in [0.05, 0.1) is 0 Å². The molecular formula is C22H34N2O3. The quantitative estimate of drug-likeness (QED) is 0.778. The maximum absolute atomic E-state index is 13.4. The van der Waals surface area contributed by atoms with Gasteiger partial charge in [0.15, 0.2) is 0 Å². The molecule has 0 unspecified atom stereocenters. The molecule has 0 bridgehead atoms. The predicted octanol–water partition coefficient (Wildman–Crippen LogP) is 4.52. The first kappa shape index (κ1) is 21.3. The minimum absolute atomic E-state index is 0.0128. The van der Waals surface area contributed by atoms with Gasteiger partial charge in [-0.05, 0) is 71.9 Å². The molecule has 1 saturated heterocycles. The number of rotatable bonds is 4. The number of ether oxygens (including phenoxy) is 1. The van der Waals surface area contributed by atoms with Gasteiger partial charge in [-0.1, -0.05) is 24.3 Å². The molecule has 0 N–H and O–H groups in total. The number of hydrogen-bond donors (Lipinski definition) is 0. The molecule has 1 heterocycles. The van der Waals surface area contributed by atoms with E-state index in [0.717, 1.165) is 18.4 Å². The lowest BCUT2D eigenvalue weighted by Crippen LogP contribution is -2.55. The molecule has 0 aromatic heterocycles. The fraction of sp³-hybridized carbons (Fsp3) is 0.636. The molecule has 1 aromatic rings. The van der Waals surface area contributed by atoms with Crippen LogP contribution in [0.15, 0.2) is 24.3 Å². The molecule has 5 heteroatoms.